The van der Waals surface area contributed by atoms with E-state index in [0.717, 1.165) is 6.42 Å². The molecule has 0 unspecified atom stereocenters. The van der Waals surface area contributed by atoms with Crippen molar-refractivity contribution in [2.24, 2.45) is 0 Å². The van der Waals surface area contributed by atoms with Crippen molar-refractivity contribution in [2.75, 3.05) is 24.6 Å². The number of nitrogens with zero attached hydrogens (tertiary/aromatic N) is 4. The minimum absolute atomic E-state index is 0.109. The summed E-state index contributed by atoms with van der Waals surface area (Å²) < 4.78 is 5.55. The smallest absolute Gasteiger partial charge is 0.289 e. The maximum Gasteiger partial charge on any atom is 0.289 e. The van der Waals surface area contributed by atoms with Gasteiger partial charge < -0.3 is 9.64 Å². The van der Waals surface area contributed by atoms with Crippen molar-refractivity contribution >= 4 is 11.5 Å². The van der Waals surface area contributed by atoms with Gasteiger partial charge in [-0.05, 0) is 6.42 Å². The summed E-state index contributed by atoms with van der Waals surface area (Å²) in [5, 5.41) is 19.8. The number of anilines is 1. The predicted octanol–water partition coefficient (Wildman–Crippen LogP) is 1.48. The van der Waals surface area contributed by atoms with Gasteiger partial charge in [0, 0.05) is 19.2 Å². The maximum atomic E-state index is 10.7. The second-order valence-corrected chi connectivity index (χ2v) is 4.28. The molecular formula is C12H14N4O3. The molecule has 0 bridgehead atoms. The number of pyridine rings is 1. The lowest BCUT2D eigenvalue weighted by Gasteiger charge is -2.33. The van der Waals surface area contributed by atoms with Crippen molar-refractivity contribution in [3.05, 3.63) is 27.9 Å². The van der Waals surface area contributed by atoms with Crippen LogP contribution in [0.2, 0.25) is 0 Å². The molecule has 1 aromatic rings. The number of hydrogen-bond acceptors (Lipinski definition) is 6. The number of nitriles is 1. The first-order valence-corrected chi connectivity index (χ1v) is 6.06. The Labute approximate surface area is 110 Å². The van der Waals surface area contributed by atoms with Gasteiger partial charge in [-0.1, -0.05) is 6.92 Å². The van der Waals surface area contributed by atoms with Crippen LogP contribution in [0.4, 0.5) is 11.5 Å². The van der Waals surface area contributed by atoms with Gasteiger partial charge in [0.2, 0.25) is 0 Å². The topological polar surface area (TPSA) is 92.3 Å². The molecule has 1 fully saturated rings. The lowest BCUT2D eigenvalue weighted by molar-refractivity contribution is -0.385. The first-order valence-electron chi connectivity index (χ1n) is 6.06. The van der Waals surface area contributed by atoms with Crippen molar-refractivity contribution in [3.8, 4) is 6.07 Å². The van der Waals surface area contributed by atoms with Crippen LogP contribution < -0.4 is 4.90 Å². The lowest BCUT2D eigenvalue weighted by atomic mass is 10.2. The fourth-order valence-electron chi connectivity index (χ4n) is 2.04. The average Bonchev–Trinajstić information content (AvgIpc) is 2.46. The molecule has 7 nitrogen and oxygen atoms in total. The molecule has 0 saturated carbocycles. The first kappa shape index (κ1) is 13.2. The number of nitro groups is 1. The third-order valence-corrected chi connectivity index (χ3v) is 3.08. The molecule has 0 amide bonds. The molecule has 0 aliphatic carbocycles. The van der Waals surface area contributed by atoms with Gasteiger partial charge >= 0.3 is 0 Å². The minimum Gasteiger partial charge on any atom is -0.375 e. The molecular weight excluding hydrogens is 248 g/mol. The zero-order valence-corrected chi connectivity index (χ0v) is 10.6. The van der Waals surface area contributed by atoms with Gasteiger partial charge in [0.1, 0.15) is 23.6 Å². The van der Waals surface area contributed by atoms with Crippen molar-refractivity contribution in [2.45, 2.75) is 19.4 Å². The number of hydrogen-bond donors (Lipinski definition) is 0. The highest BCUT2D eigenvalue weighted by atomic mass is 16.6. The van der Waals surface area contributed by atoms with Crippen LogP contribution in [-0.2, 0) is 4.74 Å². The summed E-state index contributed by atoms with van der Waals surface area (Å²) in [5.74, 6) is 0.495. The molecule has 19 heavy (non-hydrogen) atoms. The van der Waals surface area contributed by atoms with E-state index < -0.39 is 4.92 Å². The van der Waals surface area contributed by atoms with E-state index in [4.69, 9.17) is 10.00 Å². The number of ether oxygens (including phenoxy) is 1. The Morgan fingerprint density at radius 3 is 3.16 bits per heavy atom. The lowest BCUT2D eigenvalue weighted by Crippen LogP contribution is -2.43. The van der Waals surface area contributed by atoms with Crippen LogP contribution in [0, 0.1) is 21.4 Å². The van der Waals surface area contributed by atoms with E-state index in [9.17, 15) is 10.1 Å². The normalized spacial score (nSPS) is 18.9. The predicted molar refractivity (Wildman–Crippen MR) is 67.9 cm³/mol. The summed E-state index contributed by atoms with van der Waals surface area (Å²) in [5.41, 5.74) is 0.0616. The summed E-state index contributed by atoms with van der Waals surface area (Å²) in [7, 11) is 0. The molecule has 1 atom stereocenters. The first-order chi connectivity index (χ1) is 9.15. The van der Waals surface area contributed by atoms with Crippen LogP contribution in [-0.4, -0.2) is 35.7 Å². The summed E-state index contributed by atoms with van der Waals surface area (Å²) in [6, 6.07) is 3.23. The van der Waals surface area contributed by atoms with Crippen LogP contribution >= 0.6 is 0 Å². The third-order valence-electron chi connectivity index (χ3n) is 3.08. The molecule has 1 saturated heterocycles. The fourth-order valence-corrected chi connectivity index (χ4v) is 2.04. The maximum absolute atomic E-state index is 10.7. The number of aromatic nitrogens is 1. The van der Waals surface area contributed by atoms with Crippen LogP contribution in [0.3, 0.4) is 0 Å². The largest absolute Gasteiger partial charge is 0.375 e. The van der Waals surface area contributed by atoms with E-state index in [-0.39, 0.29) is 17.4 Å². The highest BCUT2D eigenvalue weighted by molar-refractivity contribution is 5.57. The second-order valence-electron chi connectivity index (χ2n) is 4.28. The molecule has 1 aromatic heterocycles. The second kappa shape index (κ2) is 5.63. The minimum atomic E-state index is -0.550. The summed E-state index contributed by atoms with van der Waals surface area (Å²) in [4.78, 5) is 16.1. The molecule has 1 aliphatic rings. The monoisotopic (exact) mass is 262 g/mol. The SMILES string of the molecule is CC[C@H]1CN(c2ncc([N+](=O)[O-])cc2C#N)CCO1. The molecule has 100 valence electrons. The standard InChI is InChI=1S/C12H14N4O3/c1-2-11-8-15(3-4-19-11)12-9(6-13)5-10(7-14-12)16(17)18/h5,7,11H,2-4,8H2,1H3/t11-/m0/s1. The van der Waals surface area contributed by atoms with Crippen LogP contribution in [0.5, 0.6) is 0 Å². The van der Waals surface area contributed by atoms with Gasteiger partial charge in [-0.2, -0.15) is 5.26 Å². The van der Waals surface area contributed by atoms with Gasteiger partial charge in [0.05, 0.1) is 17.6 Å². The third kappa shape index (κ3) is 2.80. The van der Waals surface area contributed by atoms with Crippen molar-refractivity contribution in [3.63, 3.8) is 0 Å². The van der Waals surface area contributed by atoms with Gasteiger partial charge in [0.25, 0.3) is 5.69 Å². The fraction of sp³-hybridized carbons (Fsp3) is 0.500. The van der Waals surface area contributed by atoms with Crippen molar-refractivity contribution in [1.29, 1.82) is 5.26 Å². The van der Waals surface area contributed by atoms with E-state index in [0.29, 0.717) is 25.5 Å². The highest BCUT2D eigenvalue weighted by Gasteiger charge is 2.23. The number of rotatable bonds is 3. The molecule has 2 heterocycles. The van der Waals surface area contributed by atoms with Gasteiger partial charge in [-0.25, -0.2) is 4.98 Å². The van der Waals surface area contributed by atoms with Crippen molar-refractivity contribution in [1.82, 2.24) is 4.98 Å². The summed E-state index contributed by atoms with van der Waals surface area (Å²) in [6.45, 7) is 3.89. The zero-order valence-electron chi connectivity index (χ0n) is 10.6. The molecule has 0 N–H and O–H groups in total. The summed E-state index contributed by atoms with van der Waals surface area (Å²) >= 11 is 0. The van der Waals surface area contributed by atoms with Crippen LogP contribution in [0.1, 0.15) is 18.9 Å². The average molecular weight is 262 g/mol. The quantitative estimate of drug-likeness (QED) is 0.605. The van der Waals surface area contributed by atoms with Crippen LogP contribution in [0.15, 0.2) is 12.3 Å². The summed E-state index contributed by atoms with van der Waals surface area (Å²) in [6.07, 6.45) is 2.18. The zero-order chi connectivity index (χ0) is 13.8. The van der Waals surface area contributed by atoms with Gasteiger partial charge in [-0.15, -0.1) is 0 Å². The number of morpholine rings is 1. The Hall–Kier alpha value is -2.20. The molecule has 0 aromatic carbocycles. The van der Waals surface area contributed by atoms with Gasteiger partial charge in [0.15, 0.2) is 0 Å². The Morgan fingerprint density at radius 2 is 2.53 bits per heavy atom. The van der Waals surface area contributed by atoms with E-state index in [1.807, 2.05) is 17.9 Å². The van der Waals surface area contributed by atoms with E-state index in [2.05, 4.69) is 4.98 Å². The Bertz CT molecular complexity index is 526. The highest BCUT2D eigenvalue weighted by Crippen LogP contribution is 2.23. The van der Waals surface area contributed by atoms with E-state index in [1.54, 1.807) is 0 Å². The molecule has 7 heteroatoms. The van der Waals surface area contributed by atoms with Gasteiger partial charge in [-0.3, -0.25) is 10.1 Å². The molecule has 1 aliphatic heterocycles. The Morgan fingerprint density at radius 1 is 1.74 bits per heavy atom. The molecule has 0 spiro atoms. The van der Waals surface area contributed by atoms with E-state index >= 15 is 0 Å². The Balaban J connectivity index is 2.29. The Kier molecular flexibility index (Phi) is 3.92. The van der Waals surface area contributed by atoms with E-state index in [1.165, 1.54) is 12.3 Å². The molecule has 0 radical (unpaired) electrons. The van der Waals surface area contributed by atoms with Crippen molar-refractivity contribution < 1.29 is 9.66 Å². The molecule has 2 rings (SSSR count). The van der Waals surface area contributed by atoms with Crippen LogP contribution in [0.25, 0.3) is 0 Å².